The average Bonchev–Trinajstić information content (AvgIpc) is 2.82. The molecule has 1 aromatic heterocycles. The molecule has 1 aliphatic rings. The van der Waals surface area contributed by atoms with E-state index in [0.717, 1.165) is 25.9 Å². The number of hydrogen-bond donors (Lipinski definition) is 1. The molecule has 1 aromatic rings. The topological polar surface area (TPSA) is 51.2 Å². The van der Waals surface area contributed by atoms with Crippen molar-refractivity contribution in [2.75, 3.05) is 13.2 Å². The van der Waals surface area contributed by atoms with Crippen LogP contribution in [-0.2, 0) is 4.74 Å². The molecule has 17 heavy (non-hydrogen) atoms. The molecule has 1 N–H and O–H groups in total. The minimum Gasteiger partial charge on any atom is -0.378 e. The number of ether oxygens (including phenoxy) is 1. The van der Waals surface area contributed by atoms with Crippen molar-refractivity contribution in [1.82, 2.24) is 10.3 Å². The van der Waals surface area contributed by atoms with Crippen LogP contribution in [0.15, 0.2) is 18.5 Å². The van der Waals surface area contributed by atoms with E-state index in [0.29, 0.717) is 23.2 Å². The molecule has 0 saturated carbocycles. The van der Waals surface area contributed by atoms with Crippen LogP contribution in [0.25, 0.3) is 0 Å². The fourth-order valence-corrected chi connectivity index (χ4v) is 2.05. The Morgan fingerprint density at radius 1 is 1.65 bits per heavy atom. The zero-order chi connectivity index (χ0) is 12.1. The van der Waals surface area contributed by atoms with Gasteiger partial charge in [-0.1, -0.05) is 11.6 Å². The third kappa shape index (κ3) is 3.41. The standard InChI is InChI=1S/C12H15ClN2O2/c13-11-4-5-14-8-10(11)12(16)15-6-3-9-2-1-7-17-9/h4-5,8-9H,1-3,6-7H2,(H,15,16). The van der Waals surface area contributed by atoms with Gasteiger partial charge in [-0.3, -0.25) is 9.78 Å². The lowest BCUT2D eigenvalue weighted by Crippen LogP contribution is -2.27. The van der Waals surface area contributed by atoms with Crippen molar-refractivity contribution in [3.05, 3.63) is 29.0 Å². The van der Waals surface area contributed by atoms with Crippen molar-refractivity contribution < 1.29 is 9.53 Å². The summed E-state index contributed by atoms with van der Waals surface area (Å²) in [6.45, 7) is 1.45. The molecule has 0 bridgehead atoms. The number of halogens is 1. The van der Waals surface area contributed by atoms with E-state index >= 15 is 0 Å². The molecule has 1 fully saturated rings. The SMILES string of the molecule is O=C(NCCC1CCCO1)c1cnccc1Cl. The molecule has 0 aromatic carbocycles. The van der Waals surface area contributed by atoms with Crippen LogP contribution in [0.5, 0.6) is 0 Å². The van der Waals surface area contributed by atoms with Crippen LogP contribution >= 0.6 is 11.6 Å². The number of carbonyl (C=O) groups is 1. The molecule has 0 aliphatic carbocycles. The van der Waals surface area contributed by atoms with E-state index in [9.17, 15) is 4.79 Å². The molecule has 1 aliphatic heterocycles. The normalized spacial score (nSPS) is 19.2. The van der Waals surface area contributed by atoms with E-state index in [4.69, 9.17) is 16.3 Å². The minimum absolute atomic E-state index is 0.180. The van der Waals surface area contributed by atoms with Gasteiger partial charge in [-0.2, -0.15) is 0 Å². The number of hydrogen-bond acceptors (Lipinski definition) is 3. The quantitative estimate of drug-likeness (QED) is 0.895. The minimum atomic E-state index is -0.180. The number of aromatic nitrogens is 1. The number of carbonyl (C=O) groups excluding carboxylic acids is 1. The first kappa shape index (κ1) is 12.3. The first-order valence-corrected chi connectivity index (χ1v) is 6.14. The highest BCUT2D eigenvalue weighted by atomic mass is 35.5. The maximum Gasteiger partial charge on any atom is 0.254 e. The first-order chi connectivity index (χ1) is 8.27. The summed E-state index contributed by atoms with van der Waals surface area (Å²) in [5.41, 5.74) is 0.418. The molecule has 2 rings (SSSR count). The molecular weight excluding hydrogens is 240 g/mol. The molecular formula is C12H15ClN2O2. The van der Waals surface area contributed by atoms with Gasteiger partial charge in [0.25, 0.3) is 5.91 Å². The smallest absolute Gasteiger partial charge is 0.254 e. The highest BCUT2D eigenvalue weighted by Gasteiger charge is 2.16. The zero-order valence-corrected chi connectivity index (χ0v) is 10.2. The van der Waals surface area contributed by atoms with Crippen LogP contribution in [0, 0.1) is 0 Å². The summed E-state index contributed by atoms with van der Waals surface area (Å²) in [7, 11) is 0. The van der Waals surface area contributed by atoms with E-state index in [1.165, 1.54) is 6.20 Å². The number of nitrogens with zero attached hydrogens (tertiary/aromatic N) is 1. The van der Waals surface area contributed by atoms with E-state index in [-0.39, 0.29) is 5.91 Å². The highest BCUT2D eigenvalue weighted by molar-refractivity contribution is 6.33. The van der Waals surface area contributed by atoms with E-state index in [1.807, 2.05) is 0 Å². The van der Waals surface area contributed by atoms with Gasteiger partial charge in [0.05, 0.1) is 16.7 Å². The Kier molecular flexibility index (Phi) is 4.34. The summed E-state index contributed by atoms with van der Waals surface area (Å²) in [6.07, 6.45) is 6.38. The van der Waals surface area contributed by atoms with E-state index < -0.39 is 0 Å². The lowest BCUT2D eigenvalue weighted by atomic mass is 10.2. The molecule has 2 heterocycles. The van der Waals surface area contributed by atoms with Gasteiger partial charge in [0.15, 0.2) is 0 Å². The van der Waals surface area contributed by atoms with Crippen LogP contribution < -0.4 is 5.32 Å². The molecule has 1 amide bonds. The summed E-state index contributed by atoms with van der Waals surface area (Å²) < 4.78 is 5.47. The first-order valence-electron chi connectivity index (χ1n) is 5.76. The van der Waals surface area contributed by atoms with E-state index in [1.54, 1.807) is 12.3 Å². The molecule has 5 heteroatoms. The maximum absolute atomic E-state index is 11.8. The van der Waals surface area contributed by atoms with Crippen molar-refractivity contribution in [2.24, 2.45) is 0 Å². The van der Waals surface area contributed by atoms with Gasteiger partial charge in [0.2, 0.25) is 0 Å². The molecule has 1 unspecified atom stereocenters. The average molecular weight is 255 g/mol. The van der Waals surface area contributed by atoms with Crippen molar-refractivity contribution in [2.45, 2.75) is 25.4 Å². The number of amides is 1. The molecule has 4 nitrogen and oxygen atoms in total. The third-order valence-electron chi connectivity index (χ3n) is 2.79. The van der Waals surface area contributed by atoms with Crippen LogP contribution in [0.4, 0.5) is 0 Å². The summed E-state index contributed by atoms with van der Waals surface area (Å²) in [5, 5.41) is 3.25. The van der Waals surface area contributed by atoms with Crippen molar-refractivity contribution in [3.8, 4) is 0 Å². The Morgan fingerprint density at radius 3 is 3.24 bits per heavy atom. The molecule has 92 valence electrons. The Hall–Kier alpha value is -1.13. The van der Waals surface area contributed by atoms with E-state index in [2.05, 4.69) is 10.3 Å². The van der Waals surface area contributed by atoms with Gasteiger partial charge in [0, 0.05) is 25.5 Å². The lowest BCUT2D eigenvalue weighted by Gasteiger charge is -2.10. The predicted octanol–water partition coefficient (Wildman–Crippen LogP) is 2.03. The number of nitrogens with one attached hydrogen (secondary N) is 1. The summed E-state index contributed by atoms with van der Waals surface area (Å²) >= 11 is 5.90. The number of rotatable bonds is 4. The third-order valence-corrected chi connectivity index (χ3v) is 3.12. The second-order valence-electron chi connectivity index (χ2n) is 4.04. The van der Waals surface area contributed by atoms with Gasteiger partial charge < -0.3 is 10.1 Å². The van der Waals surface area contributed by atoms with Crippen LogP contribution in [0.2, 0.25) is 5.02 Å². The molecule has 1 atom stereocenters. The fourth-order valence-electron chi connectivity index (χ4n) is 1.86. The van der Waals surface area contributed by atoms with Gasteiger partial charge in [0.1, 0.15) is 0 Å². The van der Waals surface area contributed by atoms with Crippen LogP contribution in [0.1, 0.15) is 29.6 Å². The van der Waals surface area contributed by atoms with Gasteiger partial charge in [-0.05, 0) is 25.3 Å². The molecule has 1 saturated heterocycles. The van der Waals surface area contributed by atoms with Crippen molar-refractivity contribution >= 4 is 17.5 Å². The second kappa shape index (κ2) is 5.98. The Balaban J connectivity index is 1.79. The summed E-state index contributed by atoms with van der Waals surface area (Å²) in [4.78, 5) is 15.6. The van der Waals surface area contributed by atoms with Gasteiger partial charge >= 0.3 is 0 Å². The second-order valence-corrected chi connectivity index (χ2v) is 4.44. The monoisotopic (exact) mass is 254 g/mol. The summed E-state index contributed by atoms with van der Waals surface area (Å²) in [6, 6.07) is 1.61. The number of pyridine rings is 1. The van der Waals surface area contributed by atoms with Crippen LogP contribution in [-0.4, -0.2) is 30.1 Å². The van der Waals surface area contributed by atoms with Crippen LogP contribution in [0.3, 0.4) is 0 Å². The Labute approximate surface area is 105 Å². The molecule has 0 radical (unpaired) electrons. The zero-order valence-electron chi connectivity index (χ0n) is 9.49. The maximum atomic E-state index is 11.8. The Bertz CT molecular complexity index is 392. The van der Waals surface area contributed by atoms with Gasteiger partial charge in [-0.25, -0.2) is 0 Å². The highest BCUT2D eigenvalue weighted by Crippen LogP contribution is 2.15. The predicted molar refractivity (Wildman–Crippen MR) is 65.2 cm³/mol. The summed E-state index contributed by atoms with van der Waals surface area (Å²) in [5.74, 6) is -0.180. The largest absolute Gasteiger partial charge is 0.378 e. The van der Waals surface area contributed by atoms with Crippen molar-refractivity contribution in [3.63, 3.8) is 0 Å². The van der Waals surface area contributed by atoms with Gasteiger partial charge in [-0.15, -0.1) is 0 Å². The Morgan fingerprint density at radius 2 is 2.53 bits per heavy atom. The molecule has 0 spiro atoms. The lowest BCUT2D eigenvalue weighted by molar-refractivity contribution is 0.0907. The fraction of sp³-hybridized carbons (Fsp3) is 0.500. The van der Waals surface area contributed by atoms with Crippen molar-refractivity contribution in [1.29, 1.82) is 0 Å².